The maximum Gasteiger partial charge on any atom is 0.308 e. The van der Waals surface area contributed by atoms with Crippen molar-refractivity contribution in [1.29, 1.82) is 0 Å². The minimum Gasteiger partial charge on any atom is -0.490 e. The summed E-state index contributed by atoms with van der Waals surface area (Å²) in [6.45, 7) is 3.67. The van der Waals surface area contributed by atoms with E-state index in [-0.39, 0.29) is 5.91 Å². The molecule has 1 amide bonds. The molecule has 1 aliphatic rings. The van der Waals surface area contributed by atoms with Gasteiger partial charge in [0.1, 0.15) is 5.00 Å². The summed E-state index contributed by atoms with van der Waals surface area (Å²) in [6.07, 6.45) is 5.81. The number of nitrogens with one attached hydrogen (secondary N) is 1. The molecule has 176 valence electrons. The summed E-state index contributed by atoms with van der Waals surface area (Å²) in [7, 11) is 0. The molecule has 0 saturated carbocycles. The van der Waals surface area contributed by atoms with E-state index in [0.717, 1.165) is 46.1 Å². The molecule has 1 N–H and O–H groups in total. The highest BCUT2D eigenvalue weighted by Crippen LogP contribution is 2.40. The molecular weight excluding hydrogens is 563 g/mol. The maximum absolute atomic E-state index is 13.3. The average molecular weight is 588 g/mol. The Bertz CT molecular complexity index is 1240. The number of nitrogens with zero attached hydrogens (tertiary/aromatic N) is 1. The first-order valence-electron chi connectivity index (χ1n) is 11.2. The lowest BCUT2D eigenvalue weighted by Crippen LogP contribution is -2.14. The van der Waals surface area contributed by atoms with Gasteiger partial charge in [0.25, 0.3) is 5.91 Å². The van der Waals surface area contributed by atoms with Crippen LogP contribution in [0, 0.1) is 3.57 Å². The van der Waals surface area contributed by atoms with Gasteiger partial charge in [-0.15, -0.1) is 11.3 Å². The number of amides is 1. The standard InChI is InChI=1S/C26H25IN2O4S/c1-3-32-21-14-17(13-20(27)24(21)33-16(2)30)15-28-26-23(19-11-7-8-12-22(19)34-26)25(31)29-18-9-5-4-6-10-18/h4-6,9-10,13-15H,3,7-8,11-12H2,1-2H3,(H,29,31). The zero-order valence-electron chi connectivity index (χ0n) is 19.0. The molecule has 0 fully saturated rings. The van der Waals surface area contributed by atoms with E-state index in [1.165, 1.54) is 11.8 Å². The zero-order chi connectivity index (χ0) is 24.1. The number of hydrogen-bond donors (Lipinski definition) is 1. The zero-order valence-corrected chi connectivity index (χ0v) is 22.0. The van der Waals surface area contributed by atoms with Crippen molar-refractivity contribution in [1.82, 2.24) is 0 Å². The Balaban J connectivity index is 1.68. The summed E-state index contributed by atoms with van der Waals surface area (Å²) < 4.78 is 11.8. The van der Waals surface area contributed by atoms with Crippen LogP contribution in [-0.4, -0.2) is 24.7 Å². The fraction of sp³-hybridized carbons (Fsp3) is 0.269. The third kappa shape index (κ3) is 5.67. The van der Waals surface area contributed by atoms with E-state index >= 15 is 0 Å². The molecule has 0 radical (unpaired) electrons. The van der Waals surface area contributed by atoms with Crippen LogP contribution in [0.15, 0.2) is 47.5 Å². The molecule has 0 bridgehead atoms. The van der Waals surface area contributed by atoms with Crippen LogP contribution < -0.4 is 14.8 Å². The highest BCUT2D eigenvalue weighted by molar-refractivity contribution is 14.1. The SMILES string of the molecule is CCOc1cc(C=Nc2sc3c(c2C(=O)Nc2ccccc2)CCCC3)cc(I)c1OC(C)=O. The van der Waals surface area contributed by atoms with Crippen molar-refractivity contribution < 1.29 is 19.1 Å². The third-order valence-electron chi connectivity index (χ3n) is 5.32. The average Bonchev–Trinajstić information content (AvgIpc) is 3.19. The van der Waals surface area contributed by atoms with Gasteiger partial charge in [-0.3, -0.25) is 9.59 Å². The fourth-order valence-electron chi connectivity index (χ4n) is 3.89. The molecule has 2 aromatic carbocycles. The lowest BCUT2D eigenvalue weighted by molar-refractivity contribution is -0.132. The van der Waals surface area contributed by atoms with Crippen LogP contribution in [0.25, 0.3) is 0 Å². The first kappa shape index (κ1) is 24.4. The van der Waals surface area contributed by atoms with E-state index in [0.29, 0.717) is 28.7 Å². The predicted octanol–water partition coefficient (Wildman–Crippen LogP) is 6.56. The fourth-order valence-corrected chi connectivity index (χ4v) is 5.86. The highest BCUT2D eigenvalue weighted by Gasteiger charge is 2.25. The van der Waals surface area contributed by atoms with Crippen molar-refractivity contribution in [2.45, 2.75) is 39.5 Å². The number of fused-ring (bicyclic) bond motifs is 1. The number of thiophene rings is 1. The van der Waals surface area contributed by atoms with Crippen molar-refractivity contribution in [3.05, 3.63) is 67.6 Å². The Morgan fingerprint density at radius 2 is 1.94 bits per heavy atom. The minimum absolute atomic E-state index is 0.132. The van der Waals surface area contributed by atoms with Crippen LogP contribution in [0.3, 0.4) is 0 Å². The maximum atomic E-state index is 13.3. The molecule has 34 heavy (non-hydrogen) atoms. The Morgan fingerprint density at radius 1 is 1.18 bits per heavy atom. The molecule has 0 saturated heterocycles. The summed E-state index contributed by atoms with van der Waals surface area (Å²) in [5.74, 6) is 0.353. The van der Waals surface area contributed by atoms with Gasteiger partial charge in [0.05, 0.1) is 15.7 Å². The van der Waals surface area contributed by atoms with Crippen molar-refractivity contribution in [2.75, 3.05) is 11.9 Å². The largest absolute Gasteiger partial charge is 0.490 e. The monoisotopic (exact) mass is 588 g/mol. The van der Waals surface area contributed by atoms with E-state index in [2.05, 4.69) is 27.9 Å². The van der Waals surface area contributed by atoms with Gasteiger partial charge in [0.2, 0.25) is 0 Å². The van der Waals surface area contributed by atoms with Gasteiger partial charge in [-0.25, -0.2) is 4.99 Å². The number of ether oxygens (including phenoxy) is 2. The summed E-state index contributed by atoms with van der Waals surface area (Å²) in [4.78, 5) is 30.8. The van der Waals surface area contributed by atoms with E-state index < -0.39 is 5.97 Å². The van der Waals surface area contributed by atoms with E-state index in [4.69, 9.17) is 14.5 Å². The lowest BCUT2D eigenvalue weighted by Gasteiger charge is -2.13. The summed E-state index contributed by atoms with van der Waals surface area (Å²) >= 11 is 3.71. The Morgan fingerprint density at radius 3 is 2.68 bits per heavy atom. The van der Waals surface area contributed by atoms with Gasteiger partial charge in [-0.1, -0.05) is 18.2 Å². The summed E-state index contributed by atoms with van der Waals surface area (Å²) in [5, 5.41) is 3.72. The van der Waals surface area contributed by atoms with Crippen LogP contribution in [0.4, 0.5) is 10.7 Å². The molecular formula is C26H25IN2O4S. The lowest BCUT2D eigenvalue weighted by atomic mass is 9.95. The number of halogens is 1. The molecule has 4 rings (SSSR count). The van der Waals surface area contributed by atoms with Gasteiger partial charge in [-0.05, 0) is 90.6 Å². The number of carbonyl (C=O) groups is 2. The van der Waals surface area contributed by atoms with Crippen LogP contribution in [0.1, 0.15) is 53.1 Å². The Kier molecular flexibility index (Phi) is 7.99. The van der Waals surface area contributed by atoms with Gasteiger partial charge in [0.15, 0.2) is 11.5 Å². The first-order chi connectivity index (χ1) is 16.5. The molecule has 1 aromatic heterocycles. The van der Waals surface area contributed by atoms with E-state index in [1.807, 2.05) is 43.3 Å². The molecule has 6 nitrogen and oxygen atoms in total. The van der Waals surface area contributed by atoms with Gasteiger partial charge in [0, 0.05) is 23.7 Å². The second-order valence-electron chi connectivity index (χ2n) is 7.83. The molecule has 0 aliphatic heterocycles. The van der Waals surface area contributed by atoms with Crippen molar-refractivity contribution in [2.24, 2.45) is 4.99 Å². The number of anilines is 1. The van der Waals surface area contributed by atoms with E-state index in [9.17, 15) is 9.59 Å². The molecule has 1 heterocycles. The number of rotatable bonds is 7. The quantitative estimate of drug-likeness (QED) is 0.147. The van der Waals surface area contributed by atoms with Crippen molar-refractivity contribution in [3.63, 3.8) is 0 Å². The Hall–Kier alpha value is -2.72. The van der Waals surface area contributed by atoms with Crippen LogP contribution >= 0.6 is 33.9 Å². The topological polar surface area (TPSA) is 77.0 Å². The number of carbonyl (C=O) groups excluding carboxylic acids is 2. The Labute approximate surface area is 216 Å². The van der Waals surface area contributed by atoms with Crippen molar-refractivity contribution >= 4 is 62.7 Å². The molecule has 1 aliphatic carbocycles. The number of esters is 1. The summed E-state index contributed by atoms with van der Waals surface area (Å²) in [5.41, 5.74) is 3.34. The van der Waals surface area contributed by atoms with Gasteiger partial charge < -0.3 is 14.8 Å². The number of aliphatic imine (C=N–C) groups is 1. The number of hydrogen-bond acceptors (Lipinski definition) is 6. The number of benzene rings is 2. The second kappa shape index (κ2) is 11.1. The van der Waals surface area contributed by atoms with Gasteiger partial charge in [-0.2, -0.15) is 0 Å². The molecule has 3 aromatic rings. The third-order valence-corrected chi connectivity index (χ3v) is 7.32. The van der Waals surface area contributed by atoms with Crippen LogP contribution in [0.5, 0.6) is 11.5 Å². The van der Waals surface area contributed by atoms with Gasteiger partial charge >= 0.3 is 5.97 Å². The first-order valence-corrected chi connectivity index (χ1v) is 13.1. The molecule has 0 atom stereocenters. The van der Waals surface area contributed by atoms with E-state index in [1.54, 1.807) is 23.6 Å². The molecule has 0 spiro atoms. The second-order valence-corrected chi connectivity index (χ2v) is 10.1. The molecule has 0 unspecified atom stereocenters. The molecule has 8 heteroatoms. The van der Waals surface area contributed by atoms with Crippen molar-refractivity contribution in [3.8, 4) is 11.5 Å². The number of para-hydroxylation sites is 1. The normalized spacial score (nSPS) is 12.9. The highest BCUT2D eigenvalue weighted by atomic mass is 127. The predicted molar refractivity (Wildman–Crippen MR) is 144 cm³/mol. The van der Waals surface area contributed by atoms with Crippen LogP contribution in [-0.2, 0) is 17.6 Å². The summed E-state index contributed by atoms with van der Waals surface area (Å²) in [6, 6.07) is 13.1. The number of aryl methyl sites for hydroxylation is 1. The smallest absolute Gasteiger partial charge is 0.308 e. The minimum atomic E-state index is -0.404. The van der Waals surface area contributed by atoms with Crippen LogP contribution in [0.2, 0.25) is 0 Å².